The summed E-state index contributed by atoms with van der Waals surface area (Å²) in [5.74, 6) is 6.05. The third-order valence-electron chi connectivity index (χ3n) is 2.95. The Balaban J connectivity index is 2.36. The summed E-state index contributed by atoms with van der Waals surface area (Å²) < 4.78 is 1.34. The molecule has 0 saturated heterocycles. The highest BCUT2D eigenvalue weighted by Gasteiger charge is 2.15. The average Bonchev–Trinajstić information content (AvgIpc) is 3.01. The van der Waals surface area contributed by atoms with Crippen molar-refractivity contribution in [2.75, 3.05) is 5.43 Å². The highest BCUT2D eigenvalue weighted by atomic mass is 15.6. The lowest BCUT2D eigenvalue weighted by molar-refractivity contribution is 0.738. The van der Waals surface area contributed by atoms with Crippen molar-refractivity contribution in [3.05, 3.63) is 24.3 Å². The van der Waals surface area contributed by atoms with E-state index in [-0.39, 0.29) is 0 Å². The van der Waals surface area contributed by atoms with Gasteiger partial charge in [0.15, 0.2) is 5.82 Å². The van der Waals surface area contributed by atoms with Crippen molar-refractivity contribution in [1.82, 2.24) is 30.2 Å². The molecule has 4 aromatic rings. The number of nitrogens with two attached hydrogens (primary N) is 1. The Bertz CT molecular complexity index is 873. The monoisotopic (exact) mass is 240 g/mol. The van der Waals surface area contributed by atoms with Crippen molar-refractivity contribution in [1.29, 1.82) is 0 Å². The maximum Gasteiger partial charge on any atom is 0.224 e. The van der Waals surface area contributed by atoms with Gasteiger partial charge in [0.2, 0.25) is 5.65 Å². The van der Waals surface area contributed by atoms with Gasteiger partial charge in [-0.25, -0.2) is 5.84 Å². The van der Waals surface area contributed by atoms with Crippen molar-refractivity contribution in [3.63, 3.8) is 0 Å². The third kappa shape index (κ3) is 1.02. The Morgan fingerprint density at radius 1 is 1.28 bits per heavy atom. The normalized spacial score (nSPS) is 11.6. The van der Waals surface area contributed by atoms with Crippen LogP contribution in [0.15, 0.2) is 24.3 Å². The molecule has 0 aliphatic heterocycles. The maximum absolute atomic E-state index is 5.52. The number of benzene rings is 1. The van der Waals surface area contributed by atoms with E-state index in [4.69, 9.17) is 5.84 Å². The molecule has 0 aliphatic rings. The molecule has 0 unspecified atom stereocenters. The van der Waals surface area contributed by atoms with Crippen LogP contribution in [0.2, 0.25) is 0 Å². The number of hydrogen-bond donors (Lipinski definition) is 3. The van der Waals surface area contributed by atoms with E-state index in [0.29, 0.717) is 11.5 Å². The molecule has 18 heavy (non-hydrogen) atoms. The molecule has 3 heterocycles. The van der Waals surface area contributed by atoms with Gasteiger partial charge in [0, 0.05) is 10.9 Å². The van der Waals surface area contributed by atoms with Crippen molar-refractivity contribution < 1.29 is 0 Å². The van der Waals surface area contributed by atoms with Crippen LogP contribution >= 0.6 is 0 Å². The standard InChI is InChI=1S/C10H8N8/c11-13-9-7-5-3-1-2-4-6(5)12-8(7)10-14-16-17-18(10)15-9/h1-4,12H,11H2,(H,13,15). The quantitative estimate of drug-likeness (QED) is 0.329. The lowest BCUT2D eigenvalue weighted by atomic mass is 10.2. The summed E-state index contributed by atoms with van der Waals surface area (Å²) >= 11 is 0. The average molecular weight is 240 g/mol. The predicted octanol–water partition coefficient (Wildman–Crippen LogP) is 0.439. The van der Waals surface area contributed by atoms with E-state index < -0.39 is 0 Å². The molecule has 8 heteroatoms. The Morgan fingerprint density at radius 2 is 2.17 bits per heavy atom. The van der Waals surface area contributed by atoms with Crippen LogP contribution in [0.1, 0.15) is 0 Å². The number of hydrazine groups is 1. The van der Waals surface area contributed by atoms with E-state index in [0.717, 1.165) is 21.8 Å². The maximum atomic E-state index is 5.52. The van der Waals surface area contributed by atoms with Gasteiger partial charge in [-0.2, -0.15) is 0 Å². The highest BCUT2D eigenvalue weighted by molar-refractivity contribution is 6.15. The van der Waals surface area contributed by atoms with Crippen molar-refractivity contribution in [2.45, 2.75) is 0 Å². The molecular formula is C10H8N8. The Kier molecular flexibility index (Phi) is 1.62. The van der Waals surface area contributed by atoms with Gasteiger partial charge >= 0.3 is 0 Å². The number of rotatable bonds is 1. The summed E-state index contributed by atoms with van der Waals surface area (Å²) in [5.41, 5.74) is 4.95. The van der Waals surface area contributed by atoms with E-state index in [1.54, 1.807) is 0 Å². The fourth-order valence-electron chi connectivity index (χ4n) is 2.20. The first-order chi connectivity index (χ1) is 8.88. The molecule has 0 radical (unpaired) electrons. The van der Waals surface area contributed by atoms with Crippen LogP contribution in [0.25, 0.3) is 27.5 Å². The summed E-state index contributed by atoms with van der Waals surface area (Å²) in [6.45, 7) is 0. The van der Waals surface area contributed by atoms with E-state index in [2.05, 4.69) is 31.0 Å². The number of nitrogen functional groups attached to an aromatic ring is 1. The van der Waals surface area contributed by atoms with E-state index in [9.17, 15) is 0 Å². The number of anilines is 1. The minimum absolute atomic E-state index is 0.530. The van der Waals surface area contributed by atoms with Crippen molar-refractivity contribution in [3.8, 4) is 0 Å². The van der Waals surface area contributed by atoms with Crippen LogP contribution in [0.3, 0.4) is 0 Å². The zero-order valence-corrected chi connectivity index (χ0v) is 9.12. The summed E-state index contributed by atoms with van der Waals surface area (Å²) in [6.07, 6.45) is 0. The molecule has 3 aromatic heterocycles. The van der Waals surface area contributed by atoms with Crippen LogP contribution in [0.5, 0.6) is 0 Å². The van der Waals surface area contributed by atoms with Gasteiger partial charge in [-0.05, 0) is 16.5 Å². The number of para-hydroxylation sites is 1. The van der Waals surface area contributed by atoms with Gasteiger partial charge in [-0.1, -0.05) is 18.2 Å². The number of fused-ring (bicyclic) bond motifs is 5. The number of tetrazole rings is 1. The summed E-state index contributed by atoms with van der Waals surface area (Å²) in [6, 6.07) is 7.90. The zero-order chi connectivity index (χ0) is 12.1. The summed E-state index contributed by atoms with van der Waals surface area (Å²) in [4.78, 5) is 3.28. The molecular weight excluding hydrogens is 232 g/mol. The van der Waals surface area contributed by atoms with Gasteiger partial charge in [-0.3, -0.25) is 0 Å². The summed E-state index contributed by atoms with van der Waals surface area (Å²) in [7, 11) is 0. The molecule has 88 valence electrons. The van der Waals surface area contributed by atoms with Crippen molar-refractivity contribution in [2.24, 2.45) is 5.84 Å². The van der Waals surface area contributed by atoms with E-state index >= 15 is 0 Å². The first-order valence-corrected chi connectivity index (χ1v) is 5.34. The number of nitrogens with one attached hydrogen (secondary N) is 2. The molecule has 4 N–H and O–H groups in total. The van der Waals surface area contributed by atoms with Crippen LogP contribution < -0.4 is 11.3 Å². The molecule has 0 spiro atoms. The van der Waals surface area contributed by atoms with E-state index in [1.807, 2.05) is 24.3 Å². The van der Waals surface area contributed by atoms with Crippen LogP contribution in [-0.2, 0) is 0 Å². The van der Waals surface area contributed by atoms with Gasteiger partial charge in [0.25, 0.3) is 0 Å². The fourth-order valence-corrected chi connectivity index (χ4v) is 2.20. The number of aromatic nitrogens is 6. The Labute approximate surface area is 99.7 Å². The lowest BCUT2D eigenvalue weighted by Gasteiger charge is -2.01. The zero-order valence-electron chi connectivity index (χ0n) is 9.12. The molecule has 8 nitrogen and oxygen atoms in total. The summed E-state index contributed by atoms with van der Waals surface area (Å²) in [5, 5.41) is 17.5. The molecule has 0 fully saturated rings. The van der Waals surface area contributed by atoms with Gasteiger partial charge in [0.1, 0.15) is 0 Å². The number of nitrogens with zero attached hydrogens (tertiary/aromatic N) is 5. The molecule has 0 bridgehead atoms. The number of H-pyrrole nitrogens is 1. The molecule has 0 saturated carbocycles. The first kappa shape index (κ1) is 9.31. The number of hydrogen-bond acceptors (Lipinski definition) is 6. The van der Waals surface area contributed by atoms with Crippen molar-refractivity contribution >= 4 is 33.3 Å². The van der Waals surface area contributed by atoms with Crippen LogP contribution in [0, 0.1) is 0 Å². The predicted molar refractivity (Wildman–Crippen MR) is 65.7 cm³/mol. The molecule has 0 atom stereocenters. The fraction of sp³-hybridized carbons (Fsp3) is 0. The van der Waals surface area contributed by atoms with Gasteiger partial charge in [-0.15, -0.1) is 14.8 Å². The Morgan fingerprint density at radius 3 is 3.06 bits per heavy atom. The third-order valence-corrected chi connectivity index (χ3v) is 2.95. The van der Waals surface area contributed by atoms with E-state index in [1.165, 1.54) is 4.63 Å². The molecule has 0 aliphatic carbocycles. The number of aromatic amines is 1. The van der Waals surface area contributed by atoms with Gasteiger partial charge < -0.3 is 10.4 Å². The largest absolute Gasteiger partial charge is 0.351 e. The van der Waals surface area contributed by atoms with Gasteiger partial charge in [0.05, 0.1) is 10.9 Å². The molecule has 1 aromatic carbocycles. The smallest absolute Gasteiger partial charge is 0.224 e. The molecule has 0 amide bonds. The molecule has 4 rings (SSSR count). The minimum atomic E-state index is 0.530. The second-order valence-electron chi connectivity index (χ2n) is 3.91. The lowest BCUT2D eigenvalue weighted by Crippen LogP contribution is -2.11. The minimum Gasteiger partial charge on any atom is -0.351 e. The second-order valence-corrected chi connectivity index (χ2v) is 3.91. The second kappa shape index (κ2) is 3.14. The first-order valence-electron chi connectivity index (χ1n) is 5.34. The van der Waals surface area contributed by atoms with Crippen LogP contribution in [0.4, 0.5) is 5.82 Å². The SMILES string of the molecule is NNc1nn2nnnc2c2[nH]c3ccccc3c12. The Hall–Kier alpha value is -2.74. The topological polar surface area (TPSA) is 110 Å². The van der Waals surface area contributed by atoms with Crippen LogP contribution in [-0.4, -0.2) is 30.2 Å². The highest BCUT2D eigenvalue weighted by Crippen LogP contribution is 2.30.